The summed E-state index contributed by atoms with van der Waals surface area (Å²) in [7, 11) is 0. The quantitative estimate of drug-likeness (QED) is 0.312. The van der Waals surface area contributed by atoms with Gasteiger partial charge in [0, 0.05) is 0 Å². The van der Waals surface area contributed by atoms with Gasteiger partial charge < -0.3 is 20.1 Å². The van der Waals surface area contributed by atoms with Gasteiger partial charge in [0.2, 0.25) is 0 Å². The van der Waals surface area contributed by atoms with Crippen LogP contribution in [0.2, 0.25) is 0 Å². The van der Waals surface area contributed by atoms with Gasteiger partial charge >= 0.3 is 18.0 Å². The van der Waals surface area contributed by atoms with Crippen LogP contribution in [0, 0.1) is 0 Å². The van der Waals surface area contributed by atoms with Crippen LogP contribution in [-0.2, 0) is 25.2 Å². The van der Waals surface area contributed by atoms with Crippen molar-refractivity contribution in [3.8, 4) is 16.9 Å². The maximum Gasteiger partial charge on any atom is 0.430 e. The van der Waals surface area contributed by atoms with E-state index in [0.29, 0.717) is 24.5 Å². The molecule has 0 heterocycles. The molecule has 0 radical (unpaired) electrons. The van der Waals surface area contributed by atoms with E-state index in [1.165, 1.54) is 18.2 Å². The number of benzene rings is 3. The first-order chi connectivity index (χ1) is 17.2. The largest absolute Gasteiger partial charge is 0.479 e. The van der Waals surface area contributed by atoms with E-state index < -0.39 is 42.3 Å². The Labute approximate surface area is 209 Å². The zero-order chi connectivity index (χ0) is 27.6. The average molecular weight is 528 g/mol. The highest BCUT2D eigenvalue weighted by Gasteiger charge is 2.80. The van der Waals surface area contributed by atoms with Crippen molar-refractivity contribution >= 4 is 0 Å². The summed E-state index contributed by atoms with van der Waals surface area (Å²) in [6.07, 6.45) is -11.8. The summed E-state index contributed by atoms with van der Waals surface area (Å²) >= 11 is 0. The van der Waals surface area contributed by atoms with E-state index in [4.69, 9.17) is 4.74 Å². The molecule has 0 aliphatic heterocycles. The van der Waals surface area contributed by atoms with Gasteiger partial charge in [0.1, 0.15) is 5.75 Å². The Morgan fingerprint density at radius 3 is 1.92 bits per heavy atom. The smallest absolute Gasteiger partial charge is 0.430 e. The fourth-order valence-electron chi connectivity index (χ4n) is 4.34. The van der Waals surface area contributed by atoms with Crippen LogP contribution in [0.4, 0.5) is 26.3 Å². The van der Waals surface area contributed by atoms with Gasteiger partial charge in [-0.05, 0) is 64.9 Å². The predicted molar refractivity (Wildman–Crippen MR) is 125 cm³/mol. The van der Waals surface area contributed by atoms with E-state index in [9.17, 15) is 41.7 Å². The molecule has 0 saturated heterocycles. The third-order valence-corrected chi connectivity index (χ3v) is 6.47. The standard InChI is InChI=1S/C27H26F6O4/c1-3-17-7-4-5-10-23(17)18-8-6-9-22(14-18)37-24(2,25(36,26(28,29)30)27(31,32)33)21-12-11-19(15-34)20(13-21)16-35/h4-14,34-36H,3,15-16H2,1-2H3. The lowest BCUT2D eigenvalue weighted by Gasteiger charge is -2.46. The van der Waals surface area contributed by atoms with E-state index in [1.807, 2.05) is 13.0 Å². The molecule has 3 aromatic rings. The third kappa shape index (κ3) is 5.05. The molecule has 3 rings (SSSR count). The van der Waals surface area contributed by atoms with Gasteiger partial charge in [0.15, 0.2) is 5.60 Å². The van der Waals surface area contributed by atoms with Gasteiger partial charge in [-0.3, -0.25) is 0 Å². The van der Waals surface area contributed by atoms with E-state index in [2.05, 4.69) is 0 Å². The summed E-state index contributed by atoms with van der Waals surface area (Å²) in [5, 5.41) is 29.5. The molecule has 0 aliphatic rings. The first-order valence-corrected chi connectivity index (χ1v) is 11.3. The number of ether oxygens (including phenoxy) is 1. The van der Waals surface area contributed by atoms with Gasteiger partial charge in [-0.2, -0.15) is 26.3 Å². The fourth-order valence-corrected chi connectivity index (χ4v) is 4.34. The summed E-state index contributed by atoms with van der Waals surface area (Å²) in [4.78, 5) is 0. The number of aryl methyl sites for hydroxylation is 1. The van der Waals surface area contributed by atoms with Crippen LogP contribution in [-0.4, -0.2) is 33.3 Å². The average Bonchev–Trinajstić information content (AvgIpc) is 2.86. The van der Waals surface area contributed by atoms with Crippen LogP contribution >= 0.6 is 0 Å². The first-order valence-electron chi connectivity index (χ1n) is 11.3. The van der Waals surface area contributed by atoms with Crippen LogP contribution < -0.4 is 4.74 Å². The Balaban J connectivity index is 2.27. The summed E-state index contributed by atoms with van der Waals surface area (Å²) < 4.78 is 90.2. The number of halogens is 6. The first kappa shape index (κ1) is 28.5. The molecule has 1 unspecified atom stereocenters. The highest BCUT2D eigenvalue weighted by Crippen LogP contribution is 2.55. The summed E-state index contributed by atoms with van der Waals surface area (Å²) in [6.45, 7) is 1.00. The highest BCUT2D eigenvalue weighted by molar-refractivity contribution is 5.68. The monoisotopic (exact) mass is 528 g/mol. The summed E-state index contributed by atoms with van der Waals surface area (Å²) in [5.74, 6) is -0.352. The Morgan fingerprint density at radius 2 is 1.35 bits per heavy atom. The van der Waals surface area contributed by atoms with Crippen molar-refractivity contribution < 1.29 is 46.4 Å². The van der Waals surface area contributed by atoms with Crippen LogP contribution in [0.15, 0.2) is 66.7 Å². The molecule has 4 nitrogen and oxygen atoms in total. The molecular weight excluding hydrogens is 502 g/mol. The number of rotatable bonds is 8. The molecule has 10 heteroatoms. The molecule has 0 spiro atoms. The number of alkyl halides is 6. The molecule has 3 N–H and O–H groups in total. The minimum atomic E-state index is -6.21. The summed E-state index contributed by atoms with van der Waals surface area (Å²) in [5.41, 5.74) is -7.42. The fraction of sp³-hybridized carbons (Fsp3) is 0.333. The topological polar surface area (TPSA) is 69.9 Å². The van der Waals surface area contributed by atoms with Crippen molar-refractivity contribution in [3.05, 3.63) is 89.0 Å². The van der Waals surface area contributed by atoms with Crippen molar-refractivity contribution in [1.82, 2.24) is 0 Å². The van der Waals surface area contributed by atoms with Gasteiger partial charge in [-0.15, -0.1) is 0 Å². The molecule has 0 aliphatic carbocycles. The number of aliphatic hydroxyl groups is 3. The van der Waals surface area contributed by atoms with Gasteiger partial charge in [-0.1, -0.05) is 55.5 Å². The van der Waals surface area contributed by atoms with Crippen LogP contribution in [0.5, 0.6) is 5.75 Å². The van der Waals surface area contributed by atoms with Crippen molar-refractivity contribution in [2.45, 2.75) is 57.0 Å². The lowest BCUT2D eigenvalue weighted by atomic mass is 9.76. The Hall–Kier alpha value is -3.08. The lowest BCUT2D eigenvalue weighted by molar-refractivity contribution is -0.409. The van der Waals surface area contributed by atoms with Crippen molar-refractivity contribution in [1.29, 1.82) is 0 Å². The normalized spacial score (nSPS) is 14.4. The van der Waals surface area contributed by atoms with Gasteiger partial charge in [0.25, 0.3) is 0 Å². The number of hydrogen-bond donors (Lipinski definition) is 3. The second-order valence-corrected chi connectivity index (χ2v) is 8.68. The van der Waals surface area contributed by atoms with Crippen molar-refractivity contribution in [3.63, 3.8) is 0 Å². The van der Waals surface area contributed by atoms with Crippen LogP contribution in [0.3, 0.4) is 0 Å². The van der Waals surface area contributed by atoms with Gasteiger partial charge in [0.05, 0.1) is 13.2 Å². The van der Waals surface area contributed by atoms with Gasteiger partial charge in [-0.25, -0.2) is 0 Å². The van der Waals surface area contributed by atoms with E-state index in [1.54, 1.807) is 24.3 Å². The molecule has 0 aromatic heterocycles. The lowest BCUT2D eigenvalue weighted by Crippen LogP contribution is -2.70. The van der Waals surface area contributed by atoms with E-state index >= 15 is 0 Å². The van der Waals surface area contributed by atoms with E-state index in [0.717, 1.165) is 23.8 Å². The molecule has 0 fully saturated rings. The molecule has 200 valence electrons. The Morgan fingerprint density at radius 1 is 0.730 bits per heavy atom. The zero-order valence-corrected chi connectivity index (χ0v) is 20.0. The predicted octanol–water partition coefficient (Wildman–Crippen LogP) is 6.05. The molecular formula is C27H26F6O4. The minimum absolute atomic E-state index is 0.0920. The van der Waals surface area contributed by atoms with Crippen molar-refractivity contribution in [2.75, 3.05) is 0 Å². The van der Waals surface area contributed by atoms with E-state index in [-0.39, 0.29) is 16.9 Å². The molecule has 0 saturated carbocycles. The Kier molecular flexibility index (Phi) is 7.97. The molecule has 0 bridgehead atoms. The maximum atomic E-state index is 14.1. The maximum absolute atomic E-state index is 14.1. The van der Waals surface area contributed by atoms with Crippen LogP contribution in [0.1, 0.15) is 36.1 Å². The minimum Gasteiger partial charge on any atom is -0.479 e. The SMILES string of the molecule is CCc1ccccc1-c1cccc(OC(C)(c2ccc(CO)c(CO)c2)C(O)(C(F)(F)F)C(F)(F)F)c1. The Bertz CT molecular complexity index is 1220. The molecule has 3 aromatic carbocycles. The molecule has 1 atom stereocenters. The second-order valence-electron chi connectivity index (χ2n) is 8.68. The number of hydrogen-bond acceptors (Lipinski definition) is 4. The van der Waals surface area contributed by atoms with Crippen LogP contribution in [0.25, 0.3) is 11.1 Å². The molecule has 37 heavy (non-hydrogen) atoms. The third-order valence-electron chi connectivity index (χ3n) is 6.47. The zero-order valence-electron chi connectivity index (χ0n) is 20.0. The second kappa shape index (κ2) is 10.4. The summed E-state index contributed by atoms with van der Waals surface area (Å²) in [6, 6.07) is 15.5. The highest BCUT2D eigenvalue weighted by atomic mass is 19.4. The molecule has 0 amide bonds. The van der Waals surface area contributed by atoms with Crippen molar-refractivity contribution in [2.24, 2.45) is 0 Å². The number of aliphatic hydroxyl groups excluding tert-OH is 2.